The van der Waals surface area contributed by atoms with Crippen LogP contribution in [0.2, 0.25) is 0 Å². The van der Waals surface area contributed by atoms with Crippen molar-refractivity contribution >= 4 is 6.41 Å². The van der Waals surface area contributed by atoms with Gasteiger partial charge >= 0.3 is 0 Å². The lowest BCUT2D eigenvalue weighted by Gasteiger charge is -2.27. The molecule has 1 unspecified atom stereocenters. The van der Waals surface area contributed by atoms with Gasteiger partial charge in [-0.2, -0.15) is 0 Å². The Labute approximate surface area is 61.2 Å². The molecule has 0 aromatic rings. The van der Waals surface area contributed by atoms with Crippen molar-refractivity contribution in [3.63, 3.8) is 0 Å². The lowest BCUT2D eigenvalue weighted by atomic mass is 10.0. The van der Waals surface area contributed by atoms with Crippen LogP contribution in [0, 0.1) is 0 Å². The average molecular weight is 142 g/mol. The van der Waals surface area contributed by atoms with E-state index in [1.165, 1.54) is 19.4 Å². The highest BCUT2D eigenvalue weighted by molar-refractivity contribution is 5.45. The summed E-state index contributed by atoms with van der Waals surface area (Å²) < 4.78 is 0. The van der Waals surface area contributed by atoms with E-state index in [0.717, 1.165) is 25.4 Å². The van der Waals surface area contributed by atoms with E-state index in [-0.39, 0.29) is 0 Å². The fourth-order valence-electron chi connectivity index (χ4n) is 1.10. The van der Waals surface area contributed by atoms with E-state index < -0.39 is 0 Å². The minimum atomic E-state index is 0.730. The van der Waals surface area contributed by atoms with Crippen molar-refractivity contribution in [1.29, 1.82) is 0 Å². The first-order chi connectivity index (χ1) is 4.93. The second kappa shape index (κ2) is 4.28. The van der Waals surface area contributed by atoms with Crippen LogP contribution in [0.5, 0.6) is 0 Å². The van der Waals surface area contributed by atoms with Crippen LogP contribution in [0.25, 0.3) is 0 Å². The van der Waals surface area contributed by atoms with Crippen LogP contribution in [-0.4, -0.2) is 25.5 Å². The van der Waals surface area contributed by atoms with Gasteiger partial charge in [-0.3, -0.25) is 4.79 Å². The number of carbonyl (C=O) groups excluding carboxylic acids is 1. The Bertz CT molecular complexity index is 102. The van der Waals surface area contributed by atoms with Crippen molar-refractivity contribution in [3.8, 4) is 0 Å². The molecule has 10 heavy (non-hydrogen) atoms. The minimum absolute atomic E-state index is 0.730. The first-order valence-corrected chi connectivity index (χ1v) is 3.84. The van der Waals surface area contributed by atoms with E-state index in [2.05, 4.69) is 10.6 Å². The van der Waals surface area contributed by atoms with Crippen LogP contribution in [0.3, 0.4) is 0 Å². The Hall–Kier alpha value is -0.570. The molecule has 1 amide bonds. The molecule has 0 radical (unpaired) electrons. The predicted molar refractivity (Wildman–Crippen MR) is 39.7 cm³/mol. The minimum Gasteiger partial charge on any atom is -0.359 e. The lowest BCUT2D eigenvalue weighted by Crippen LogP contribution is -2.42. The second-order valence-corrected chi connectivity index (χ2v) is 2.65. The molecule has 3 nitrogen and oxygen atoms in total. The summed E-state index contributed by atoms with van der Waals surface area (Å²) in [4.78, 5) is 9.81. The number of carbonyl (C=O) groups is 1. The van der Waals surface area contributed by atoms with Crippen LogP contribution in [-0.2, 0) is 4.79 Å². The molecule has 2 N–H and O–H groups in total. The first-order valence-electron chi connectivity index (χ1n) is 3.84. The molecule has 1 fully saturated rings. The zero-order valence-corrected chi connectivity index (χ0v) is 6.10. The Kier molecular flexibility index (Phi) is 3.22. The highest BCUT2D eigenvalue weighted by Gasteiger charge is 2.14. The quantitative estimate of drug-likeness (QED) is 0.415. The van der Waals surface area contributed by atoms with Crippen LogP contribution < -0.4 is 10.6 Å². The molecule has 0 aromatic heterocycles. The molecule has 1 rings (SSSR count). The molecule has 0 aromatic carbocycles. The molecular formula is C7H14N2O. The van der Waals surface area contributed by atoms with E-state index in [0.29, 0.717) is 0 Å². The Balaban J connectivity index is 1.80. The zero-order valence-electron chi connectivity index (χ0n) is 6.10. The molecule has 0 aliphatic carbocycles. The fraction of sp³-hybridized carbons (Fsp3) is 0.857. The van der Waals surface area contributed by atoms with Crippen molar-refractivity contribution in [2.75, 3.05) is 13.1 Å². The fourth-order valence-corrected chi connectivity index (χ4v) is 1.10. The Morgan fingerprint density at radius 3 is 3.00 bits per heavy atom. The van der Waals surface area contributed by atoms with Gasteiger partial charge in [-0.1, -0.05) is 0 Å². The molecule has 1 heterocycles. The largest absolute Gasteiger partial charge is 0.359 e. The molecule has 3 heteroatoms. The number of rotatable bonds is 5. The maximum absolute atomic E-state index is 9.81. The smallest absolute Gasteiger partial charge is 0.207 e. The van der Waals surface area contributed by atoms with Gasteiger partial charge in [0.25, 0.3) is 0 Å². The summed E-state index contributed by atoms with van der Waals surface area (Å²) in [5, 5.41) is 5.95. The maximum atomic E-state index is 9.81. The van der Waals surface area contributed by atoms with Crippen molar-refractivity contribution in [2.24, 2.45) is 0 Å². The van der Waals surface area contributed by atoms with Crippen LogP contribution >= 0.6 is 0 Å². The molecule has 1 atom stereocenters. The number of hydrogen-bond acceptors (Lipinski definition) is 2. The third kappa shape index (κ3) is 2.35. The summed E-state index contributed by atoms with van der Waals surface area (Å²) in [5.41, 5.74) is 0. The summed E-state index contributed by atoms with van der Waals surface area (Å²) in [6.45, 7) is 1.99. The topological polar surface area (TPSA) is 41.1 Å². The molecule has 1 aliphatic rings. The zero-order chi connectivity index (χ0) is 7.23. The third-order valence-electron chi connectivity index (χ3n) is 1.88. The van der Waals surface area contributed by atoms with Crippen LogP contribution in [0.4, 0.5) is 0 Å². The van der Waals surface area contributed by atoms with Gasteiger partial charge in [0.1, 0.15) is 0 Å². The summed E-state index contributed by atoms with van der Waals surface area (Å²) in [5.74, 6) is 0. The molecular weight excluding hydrogens is 128 g/mol. The summed E-state index contributed by atoms with van der Waals surface area (Å²) in [6, 6.07) is 0.730. The van der Waals surface area contributed by atoms with E-state index in [9.17, 15) is 4.79 Å². The first kappa shape index (κ1) is 7.54. The normalized spacial score (nSPS) is 23.4. The third-order valence-corrected chi connectivity index (χ3v) is 1.88. The van der Waals surface area contributed by atoms with E-state index in [1.54, 1.807) is 0 Å². The highest BCUT2D eigenvalue weighted by atomic mass is 16.1. The Morgan fingerprint density at radius 2 is 2.50 bits per heavy atom. The summed E-state index contributed by atoms with van der Waals surface area (Å²) in [6.07, 6.45) is 4.35. The van der Waals surface area contributed by atoms with Gasteiger partial charge in [0.15, 0.2) is 0 Å². The number of amides is 1. The molecule has 0 spiro atoms. The predicted octanol–water partition coefficient (Wildman–Crippen LogP) is -0.126. The van der Waals surface area contributed by atoms with Crippen molar-refractivity contribution in [1.82, 2.24) is 10.6 Å². The highest BCUT2D eigenvalue weighted by Crippen LogP contribution is 2.07. The molecule has 0 saturated carbocycles. The molecule has 1 saturated heterocycles. The average Bonchev–Trinajstić information content (AvgIpc) is 1.84. The summed E-state index contributed by atoms with van der Waals surface area (Å²) in [7, 11) is 0. The van der Waals surface area contributed by atoms with Gasteiger partial charge in [0, 0.05) is 12.6 Å². The van der Waals surface area contributed by atoms with Gasteiger partial charge in [-0.05, 0) is 25.8 Å². The van der Waals surface area contributed by atoms with Gasteiger partial charge in [0.05, 0.1) is 0 Å². The van der Waals surface area contributed by atoms with E-state index >= 15 is 0 Å². The van der Waals surface area contributed by atoms with E-state index in [1.807, 2.05) is 0 Å². The van der Waals surface area contributed by atoms with Crippen molar-refractivity contribution in [2.45, 2.75) is 25.3 Å². The molecule has 1 aliphatic heterocycles. The van der Waals surface area contributed by atoms with E-state index in [4.69, 9.17) is 0 Å². The number of hydrogen-bond donors (Lipinski definition) is 2. The summed E-state index contributed by atoms with van der Waals surface area (Å²) >= 11 is 0. The molecule has 0 bridgehead atoms. The van der Waals surface area contributed by atoms with Gasteiger partial charge in [-0.25, -0.2) is 0 Å². The van der Waals surface area contributed by atoms with Gasteiger partial charge in [-0.15, -0.1) is 0 Å². The van der Waals surface area contributed by atoms with Crippen molar-refractivity contribution < 1.29 is 4.79 Å². The van der Waals surface area contributed by atoms with Crippen LogP contribution in [0.15, 0.2) is 0 Å². The van der Waals surface area contributed by atoms with Crippen LogP contribution in [0.1, 0.15) is 19.3 Å². The monoisotopic (exact) mass is 142 g/mol. The van der Waals surface area contributed by atoms with Crippen molar-refractivity contribution in [3.05, 3.63) is 0 Å². The SMILES string of the molecule is O=CNCCCC1CCN1. The number of nitrogens with one attached hydrogen (secondary N) is 2. The maximum Gasteiger partial charge on any atom is 0.207 e. The molecule has 58 valence electrons. The standard InChI is InChI=1S/C7H14N2O/c10-6-8-4-1-2-7-3-5-9-7/h6-7,9H,1-5H2,(H,8,10). The van der Waals surface area contributed by atoms with Gasteiger partial charge < -0.3 is 10.6 Å². The lowest BCUT2D eigenvalue weighted by molar-refractivity contribution is -0.109. The Morgan fingerprint density at radius 1 is 1.70 bits per heavy atom. The second-order valence-electron chi connectivity index (χ2n) is 2.65. The van der Waals surface area contributed by atoms with Gasteiger partial charge in [0.2, 0.25) is 6.41 Å².